The molecule has 0 aliphatic carbocycles. The molecule has 0 unspecified atom stereocenters. The van der Waals surface area contributed by atoms with E-state index in [1.807, 2.05) is 26.0 Å². The molecule has 0 amide bonds. The highest BCUT2D eigenvalue weighted by Crippen LogP contribution is 2.14. The van der Waals surface area contributed by atoms with Gasteiger partial charge < -0.3 is 0 Å². The Kier molecular flexibility index (Phi) is 2.37. The van der Waals surface area contributed by atoms with Crippen molar-refractivity contribution in [2.75, 3.05) is 0 Å². The number of aromatic nitrogens is 5. The van der Waals surface area contributed by atoms with Gasteiger partial charge >= 0.3 is 0 Å². The van der Waals surface area contributed by atoms with Crippen LogP contribution in [0.25, 0.3) is 11.4 Å². The molecule has 0 bridgehead atoms. The Labute approximate surface area is 87.6 Å². The zero-order chi connectivity index (χ0) is 10.8. The molecule has 0 saturated carbocycles. The Morgan fingerprint density at radius 2 is 1.33 bits per heavy atom. The second-order valence-electron chi connectivity index (χ2n) is 3.41. The third-order valence-corrected chi connectivity index (χ3v) is 1.92. The first-order valence-electron chi connectivity index (χ1n) is 4.65. The summed E-state index contributed by atoms with van der Waals surface area (Å²) in [5, 5.41) is 15.7. The van der Waals surface area contributed by atoms with Crippen LogP contribution in [0.2, 0.25) is 0 Å². The monoisotopic (exact) mass is 201 g/mol. The summed E-state index contributed by atoms with van der Waals surface area (Å²) in [6, 6.07) is 3.84. The largest absolute Gasteiger partial charge is 0.258 e. The highest BCUT2D eigenvalue weighted by atomic mass is 15.3. The highest BCUT2D eigenvalue weighted by molar-refractivity contribution is 5.54. The molecule has 2 rings (SSSR count). The molecule has 0 N–H and O–H groups in total. The lowest BCUT2D eigenvalue weighted by Gasteiger charge is -2.01. The van der Waals surface area contributed by atoms with Crippen LogP contribution in [0, 0.1) is 20.8 Å². The summed E-state index contributed by atoms with van der Waals surface area (Å²) >= 11 is 0. The maximum atomic E-state index is 4.28. The predicted molar refractivity (Wildman–Crippen MR) is 55.1 cm³/mol. The standard InChI is InChI=1S/C10H11N5/c1-6-4-9(5-7(2)11-6)10-14-12-8(3)13-15-10/h4-5H,1-3H3. The Bertz CT molecular complexity index is 457. The number of aryl methyl sites for hydroxylation is 3. The Hall–Kier alpha value is -1.91. The van der Waals surface area contributed by atoms with Crippen molar-refractivity contribution in [3.63, 3.8) is 0 Å². The number of pyridine rings is 1. The van der Waals surface area contributed by atoms with Crippen molar-refractivity contribution in [2.24, 2.45) is 0 Å². The average Bonchev–Trinajstić information content (AvgIpc) is 2.17. The first-order valence-corrected chi connectivity index (χ1v) is 4.65. The lowest BCUT2D eigenvalue weighted by Crippen LogP contribution is -1.99. The quantitative estimate of drug-likeness (QED) is 0.694. The van der Waals surface area contributed by atoms with Gasteiger partial charge in [-0.3, -0.25) is 4.98 Å². The van der Waals surface area contributed by atoms with Crippen molar-refractivity contribution in [1.29, 1.82) is 0 Å². The number of hydrogen-bond acceptors (Lipinski definition) is 5. The van der Waals surface area contributed by atoms with E-state index in [1.54, 1.807) is 6.92 Å². The number of nitrogens with zero attached hydrogens (tertiary/aromatic N) is 5. The van der Waals surface area contributed by atoms with Crippen molar-refractivity contribution in [3.8, 4) is 11.4 Å². The molecule has 5 nitrogen and oxygen atoms in total. The van der Waals surface area contributed by atoms with Crippen LogP contribution in [-0.4, -0.2) is 25.4 Å². The van der Waals surface area contributed by atoms with Gasteiger partial charge in [-0.05, 0) is 32.9 Å². The summed E-state index contributed by atoms with van der Waals surface area (Å²) in [6.07, 6.45) is 0. The third-order valence-electron chi connectivity index (χ3n) is 1.92. The second-order valence-corrected chi connectivity index (χ2v) is 3.41. The van der Waals surface area contributed by atoms with Gasteiger partial charge in [0, 0.05) is 17.0 Å². The van der Waals surface area contributed by atoms with Crippen LogP contribution < -0.4 is 0 Å². The highest BCUT2D eigenvalue weighted by Gasteiger charge is 2.04. The van der Waals surface area contributed by atoms with Crippen molar-refractivity contribution in [2.45, 2.75) is 20.8 Å². The van der Waals surface area contributed by atoms with Crippen molar-refractivity contribution in [3.05, 3.63) is 29.3 Å². The minimum atomic E-state index is 0.536. The van der Waals surface area contributed by atoms with E-state index in [9.17, 15) is 0 Å². The molecule has 0 fully saturated rings. The van der Waals surface area contributed by atoms with Crippen LogP contribution in [0.5, 0.6) is 0 Å². The topological polar surface area (TPSA) is 64.5 Å². The predicted octanol–water partition coefficient (Wildman–Crippen LogP) is 1.25. The van der Waals surface area contributed by atoms with E-state index < -0.39 is 0 Å². The molecule has 0 saturated heterocycles. The molecular weight excluding hydrogens is 190 g/mol. The molecule has 0 atom stereocenters. The Morgan fingerprint density at radius 3 is 1.87 bits per heavy atom. The number of hydrogen-bond donors (Lipinski definition) is 0. The zero-order valence-electron chi connectivity index (χ0n) is 8.89. The average molecular weight is 201 g/mol. The molecule has 2 aromatic rings. The minimum absolute atomic E-state index is 0.536. The lowest BCUT2D eigenvalue weighted by molar-refractivity contribution is 0.815. The van der Waals surface area contributed by atoms with Gasteiger partial charge in [-0.2, -0.15) is 0 Å². The summed E-state index contributed by atoms with van der Waals surface area (Å²) in [5.41, 5.74) is 2.78. The van der Waals surface area contributed by atoms with E-state index in [4.69, 9.17) is 0 Å². The fourth-order valence-electron chi connectivity index (χ4n) is 1.36. The Balaban J connectivity index is 2.49. The van der Waals surface area contributed by atoms with Gasteiger partial charge in [0.2, 0.25) is 5.82 Å². The SMILES string of the molecule is Cc1cc(-c2nnc(C)nn2)cc(C)n1. The Morgan fingerprint density at radius 1 is 0.800 bits per heavy atom. The van der Waals surface area contributed by atoms with Gasteiger partial charge in [0.1, 0.15) is 0 Å². The molecular formula is C10H11N5. The molecule has 5 heteroatoms. The minimum Gasteiger partial charge on any atom is -0.258 e. The van der Waals surface area contributed by atoms with Crippen LogP contribution >= 0.6 is 0 Å². The van der Waals surface area contributed by atoms with Crippen molar-refractivity contribution in [1.82, 2.24) is 25.4 Å². The first-order chi connectivity index (χ1) is 7.15. The van der Waals surface area contributed by atoms with E-state index in [1.165, 1.54) is 0 Å². The molecule has 2 heterocycles. The van der Waals surface area contributed by atoms with Crippen LogP contribution in [0.3, 0.4) is 0 Å². The van der Waals surface area contributed by atoms with E-state index in [0.717, 1.165) is 17.0 Å². The van der Waals surface area contributed by atoms with Gasteiger partial charge in [0.15, 0.2) is 5.82 Å². The maximum absolute atomic E-state index is 4.28. The van der Waals surface area contributed by atoms with Gasteiger partial charge in [-0.25, -0.2) is 0 Å². The van der Waals surface area contributed by atoms with Crippen LogP contribution in [0.1, 0.15) is 17.2 Å². The second kappa shape index (κ2) is 3.68. The molecule has 76 valence electrons. The van der Waals surface area contributed by atoms with E-state index in [0.29, 0.717) is 11.6 Å². The van der Waals surface area contributed by atoms with Gasteiger partial charge in [0.05, 0.1) is 0 Å². The van der Waals surface area contributed by atoms with Gasteiger partial charge in [-0.1, -0.05) is 0 Å². The molecule has 0 aliphatic rings. The van der Waals surface area contributed by atoms with Crippen molar-refractivity contribution >= 4 is 0 Å². The smallest absolute Gasteiger partial charge is 0.203 e. The molecule has 0 spiro atoms. The summed E-state index contributed by atoms with van der Waals surface area (Å²) in [5.74, 6) is 1.11. The summed E-state index contributed by atoms with van der Waals surface area (Å²) in [6.45, 7) is 5.63. The molecule has 0 aliphatic heterocycles. The maximum Gasteiger partial charge on any atom is 0.203 e. The normalized spacial score (nSPS) is 10.3. The zero-order valence-corrected chi connectivity index (χ0v) is 8.89. The molecule has 0 aromatic carbocycles. The van der Waals surface area contributed by atoms with Gasteiger partial charge in [-0.15, -0.1) is 20.4 Å². The molecule has 2 aromatic heterocycles. The third kappa shape index (κ3) is 2.12. The summed E-state index contributed by atoms with van der Waals surface area (Å²) in [7, 11) is 0. The lowest BCUT2D eigenvalue weighted by atomic mass is 10.2. The fraction of sp³-hybridized carbons (Fsp3) is 0.300. The molecule has 15 heavy (non-hydrogen) atoms. The van der Waals surface area contributed by atoms with Gasteiger partial charge in [0.25, 0.3) is 0 Å². The van der Waals surface area contributed by atoms with Crippen LogP contribution in [-0.2, 0) is 0 Å². The first kappa shape index (κ1) is 9.64. The van der Waals surface area contributed by atoms with E-state index in [-0.39, 0.29) is 0 Å². The number of rotatable bonds is 1. The fourth-order valence-corrected chi connectivity index (χ4v) is 1.36. The van der Waals surface area contributed by atoms with Crippen LogP contribution in [0.15, 0.2) is 12.1 Å². The summed E-state index contributed by atoms with van der Waals surface area (Å²) < 4.78 is 0. The molecule has 0 radical (unpaired) electrons. The summed E-state index contributed by atoms with van der Waals surface area (Å²) in [4.78, 5) is 4.28. The van der Waals surface area contributed by atoms with Crippen molar-refractivity contribution < 1.29 is 0 Å². The van der Waals surface area contributed by atoms with Crippen LogP contribution in [0.4, 0.5) is 0 Å². The van der Waals surface area contributed by atoms with E-state index in [2.05, 4.69) is 25.4 Å². The van der Waals surface area contributed by atoms with E-state index >= 15 is 0 Å².